The van der Waals surface area contributed by atoms with Gasteiger partial charge in [0.2, 0.25) is 11.8 Å². The van der Waals surface area contributed by atoms with Crippen molar-refractivity contribution in [3.63, 3.8) is 0 Å². The van der Waals surface area contributed by atoms with Crippen molar-refractivity contribution >= 4 is 23.4 Å². The molecule has 1 aromatic carbocycles. The Morgan fingerprint density at radius 1 is 1.20 bits per heavy atom. The van der Waals surface area contributed by atoms with Gasteiger partial charge in [-0.1, -0.05) is 26.8 Å². The van der Waals surface area contributed by atoms with Crippen molar-refractivity contribution in [1.29, 1.82) is 0 Å². The Hall–Kier alpha value is -2.37. The standard InChI is InChI=1S/C19H27N3O3/c1-19(2,3)18(25)21-15-9-5-7-13(11-15)17(24)22-10-6-8-14(12-22)16(23)20-4/h5,7,9,11,14H,6,8,10,12H2,1-4H3,(H,20,23)(H,21,25). The largest absolute Gasteiger partial charge is 0.359 e. The molecule has 25 heavy (non-hydrogen) atoms. The lowest BCUT2D eigenvalue weighted by Gasteiger charge is -2.32. The number of carbonyl (C=O) groups is 3. The highest BCUT2D eigenvalue weighted by Gasteiger charge is 2.28. The normalized spacial score (nSPS) is 17.8. The van der Waals surface area contributed by atoms with E-state index in [-0.39, 0.29) is 23.6 Å². The summed E-state index contributed by atoms with van der Waals surface area (Å²) < 4.78 is 0. The topological polar surface area (TPSA) is 78.5 Å². The minimum absolute atomic E-state index is 0.0244. The summed E-state index contributed by atoms with van der Waals surface area (Å²) in [5, 5.41) is 5.50. The molecule has 0 spiro atoms. The lowest BCUT2D eigenvalue weighted by molar-refractivity contribution is -0.126. The van der Waals surface area contributed by atoms with Gasteiger partial charge >= 0.3 is 0 Å². The molecule has 6 heteroatoms. The Kier molecular flexibility index (Phi) is 5.82. The maximum atomic E-state index is 12.8. The number of hydrogen-bond acceptors (Lipinski definition) is 3. The minimum atomic E-state index is -0.506. The molecule has 0 bridgehead atoms. The molecule has 0 aliphatic carbocycles. The molecule has 0 saturated carbocycles. The van der Waals surface area contributed by atoms with Crippen LogP contribution in [0.25, 0.3) is 0 Å². The predicted octanol–water partition coefficient (Wildman–Crippen LogP) is 2.27. The van der Waals surface area contributed by atoms with Crippen LogP contribution in [0.5, 0.6) is 0 Å². The highest BCUT2D eigenvalue weighted by molar-refractivity contribution is 5.98. The molecule has 6 nitrogen and oxygen atoms in total. The summed E-state index contributed by atoms with van der Waals surface area (Å²) >= 11 is 0. The predicted molar refractivity (Wildman–Crippen MR) is 97.2 cm³/mol. The summed E-state index contributed by atoms with van der Waals surface area (Å²) in [6.45, 7) is 6.58. The van der Waals surface area contributed by atoms with E-state index in [9.17, 15) is 14.4 Å². The van der Waals surface area contributed by atoms with Gasteiger partial charge in [0.1, 0.15) is 0 Å². The first-order valence-corrected chi connectivity index (χ1v) is 8.64. The Labute approximate surface area is 149 Å². The fraction of sp³-hybridized carbons (Fsp3) is 0.526. The SMILES string of the molecule is CNC(=O)C1CCCN(C(=O)c2cccc(NC(=O)C(C)(C)C)c2)C1. The number of piperidine rings is 1. The van der Waals surface area contributed by atoms with E-state index >= 15 is 0 Å². The first kappa shape index (κ1) is 19.0. The third kappa shape index (κ3) is 4.81. The third-order valence-corrected chi connectivity index (χ3v) is 4.37. The summed E-state index contributed by atoms with van der Waals surface area (Å²) in [7, 11) is 1.62. The van der Waals surface area contributed by atoms with Crippen molar-refractivity contribution in [3.05, 3.63) is 29.8 Å². The van der Waals surface area contributed by atoms with Crippen LogP contribution in [0.3, 0.4) is 0 Å². The second-order valence-electron chi connectivity index (χ2n) is 7.49. The van der Waals surface area contributed by atoms with E-state index in [0.717, 1.165) is 12.8 Å². The van der Waals surface area contributed by atoms with Crippen molar-refractivity contribution in [3.8, 4) is 0 Å². The van der Waals surface area contributed by atoms with Gasteiger partial charge in [0.15, 0.2) is 0 Å². The first-order chi connectivity index (χ1) is 11.7. The fourth-order valence-corrected chi connectivity index (χ4v) is 2.81. The second-order valence-corrected chi connectivity index (χ2v) is 7.49. The zero-order valence-corrected chi connectivity index (χ0v) is 15.4. The Balaban J connectivity index is 2.10. The zero-order chi connectivity index (χ0) is 18.6. The number of nitrogens with one attached hydrogen (secondary N) is 2. The maximum absolute atomic E-state index is 12.8. The van der Waals surface area contributed by atoms with E-state index in [2.05, 4.69) is 10.6 Å². The lowest BCUT2D eigenvalue weighted by atomic mass is 9.95. The van der Waals surface area contributed by atoms with Gasteiger partial charge in [-0.2, -0.15) is 0 Å². The molecule has 1 aliphatic heterocycles. The van der Waals surface area contributed by atoms with Crippen molar-refractivity contribution < 1.29 is 14.4 Å². The maximum Gasteiger partial charge on any atom is 0.253 e. The van der Waals surface area contributed by atoms with Crippen molar-refractivity contribution in [2.75, 3.05) is 25.5 Å². The average molecular weight is 345 g/mol. The zero-order valence-electron chi connectivity index (χ0n) is 15.4. The Morgan fingerprint density at radius 3 is 2.56 bits per heavy atom. The number of nitrogens with zero attached hydrogens (tertiary/aromatic N) is 1. The van der Waals surface area contributed by atoms with Gasteiger partial charge in [-0.05, 0) is 31.0 Å². The molecule has 1 unspecified atom stereocenters. The van der Waals surface area contributed by atoms with Crippen molar-refractivity contribution in [1.82, 2.24) is 10.2 Å². The van der Waals surface area contributed by atoms with E-state index in [4.69, 9.17) is 0 Å². The molecule has 1 aliphatic rings. The summed E-state index contributed by atoms with van der Waals surface area (Å²) in [5.74, 6) is -0.398. The van der Waals surface area contributed by atoms with E-state index in [0.29, 0.717) is 24.3 Å². The summed E-state index contributed by atoms with van der Waals surface area (Å²) in [4.78, 5) is 38.5. The van der Waals surface area contributed by atoms with Crippen LogP contribution in [0.15, 0.2) is 24.3 Å². The van der Waals surface area contributed by atoms with Crippen LogP contribution in [-0.2, 0) is 9.59 Å². The molecule has 1 fully saturated rings. The molecule has 3 amide bonds. The Bertz CT molecular complexity index is 664. The van der Waals surface area contributed by atoms with Crippen LogP contribution >= 0.6 is 0 Å². The number of carbonyl (C=O) groups excluding carboxylic acids is 3. The summed E-state index contributed by atoms with van der Waals surface area (Å²) in [6.07, 6.45) is 1.61. The van der Waals surface area contributed by atoms with Gasteiger partial charge in [0, 0.05) is 36.8 Å². The first-order valence-electron chi connectivity index (χ1n) is 8.64. The van der Waals surface area contributed by atoms with Crippen LogP contribution in [0.1, 0.15) is 44.0 Å². The fourth-order valence-electron chi connectivity index (χ4n) is 2.81. The quantitative estimate of drug-likeness (QED) is 0.882. The van der Waals surface area contributed by atoms with Gasteiger partial charge in [-0.3, -0.25) is 14.4 Å². The number of anilines is 1. The van der Waals surface area contributed by atoms with Gasteiger partial charge in [0.25, 0.3) is 5.91 Å². The van der Waals surface area contributed by atoms with E-state index in [1.165, 1.54) is 0 Å². The van der Waals surface area contributed by atoms with E-state index in [1.54, 1.807) is 36.2 Å². The number of hydrogen-bond donors (Lipinski definition) is 2. The van der Waals surface area contributed by atoms with Gasteiger partial charge < -0.3 is 15.5 Å². The molecule has 1 atom stereocenters. The van der Waals surface area contributed by atoms with Gasteiger partial charge in [-0.15, -0.1) is 0 Å². The van der Waals surface area contributed by atoms with Crippen LogP contribution in [0.2, 0.25) is 0 Å². The highest BCUT2D eigenvalue weighted by atomic mass is 16.2. The van der Waals surface area contributed by atoms with Crippen molar-refractivity contribution in [2.24, 2.45) is 11.3 Å². The summed E-state index contributed by atoms with van der Waals surface area (Å²) in [6, 6.07) is 6.95. The number of amides is 3. The minimum Gasteiger partial charge on any atom is -0.359 e. The van der Waals surface area contributed by atoms with Crippen LogP contribution in [0, 0.1) is 11.3 Å². The second kappa shape index (κ2) is 7.68. The molecule has 1 aromatic rings. The van der Waals surface area contributed by atoms with E-state index in [1.807, 2.05) is 20.8 Å². The van der Waals surface area contributed by atoms with Crippen LogP contribution in [0.4, 0.5) is 5.69 Å². The number of rotatable bonds is 3. The Morgan fingerprint density at radius 2 is 1.92 bits per heavy atom. The third-order valence-electron chi connectivity index (χ3n) is 4.37. The number of likely N-dealkylation sites (tertiary alicyclic amines) is 1. The average Bonchev–Trinajstić information content (AvgIpc) is 2.60. The molecule has 1 saturated heterocycles. The smallest absolute Gasteiger partial charge is 0.253 e. The monoisotopic (exact) mass is 345 g/mol. The molecule has 136 valence electrons. The highest BCUT2D eigenvalue weighted by Crippen LogP contribution is 2.21. The van der Waals surface area contributed by atoms with Crippen molar-refractivity contribution in [2.45, 2.75) is 33.6 Å². The molecule has 0 radical (unpaired) electrons. The molecular weight excluding hydrogens is 318 g/mol. The molecule has 2 rings (SSSR count). The molecule has 1 heterocycles. The molecular formula is C19H27N3O3. The van der Waals surface area contributed by atoms with E-state index < -0.39 is 5.41 Å². The molecule has 2 N–H and O–H groups in total. The number of benzene rings is 1. The van der Waals surface area contributed by atoms with Crippen LogP contribution < -0.4 is 10.6 Å². The lowest BCUT2D eigenvalue weighted by Crippen LogP contribution is -2.44. The van der Waals surface area contributed by atoms with Gasteiger partial charge in [-0.25, -0.2) is 0 Å². The summed E-state index contributed by atoms with van der Waals surface area (Å²) in [5.41, 5.74) is 0.614. The van der Waals surface area contributed by atoms with Gasteiger partial charge in [0.05, 0.1) is 5.92 Å². The molecule has 0 aromatic heterocycles. The van der Waals surface area contributed by atoms with Crippen LogP contribution in [-0.4, -0.2) is 42.8 Å².